The standard InChI is InChI=1S/C20H22N4O/c1-3-15-7-5-6-8-18(15)23-20-21-14-13-19(24-20)22-16-9-11-17(12-10-16)25-4-2/h5-14H,3-4H2,1-2H3,(H2,21,22,23,24). The van der Waals surface area contributed by atoms with E-state index in [9.17, 15) is 0 Å². The molecule has 0 saturated heterocycles. The lowest BCUT2D eigenvalue weighted by Crippen LogP contribution is -2.02. The van der Waals surface area contributed by atoms with Gasteiger partial charge in [-0.3, -0.25) is 0 Å². The summed E-state index contributed by atoms with van der Waals surface area (Å²) in [5, 5.41) is 6.57. The molecule has 0 aliphatic carbocycles. The van der Waals surface area contributed by atoms with Crippen molar-refractivity contribution in [2.45, 2.75) is 20.3 Å². The monoisotopic (exact) mass is 334 g/mol. The van der Waals surface area contributed by atoms with Gasteiger partial charge in [0.1, 0.15) is 11.6 Å². The molecule has 128 valence electrons. The van der Waals surface area contributed by atoms with Crippen LogP contribution in [0.15, 0.2) is 60.8 Å². The average molecular weight is 334 g/mol. The molecule has 0 aliphatic heterocycles. The molecule has 0 atom stereocenters. The van der Waals surface area contributed by atoms with Crippen LogP contribution in [0.5, 0.6) is 5.75 Å². The van der Waals surface area contributed by atoms with Gasteiger partial charge in [-0.1, -0.05) is 25.1 Å². The molecule has 0 spiro atoms. The highest BCUT2D eigenvalue weighted by Gasteiger charge is 2.04. The highest BCUT2D eigenvalue weighted by atomic mass is 16.5. The lowest BCUT2D eigenvalue weighted by atomic mass is 10.1. The zero-order valence-electron chi connectivity index (χ0n) is 14.5. The van der Waals surface area contributed by atoms with Gasteiger partial charge in [-0.25, -0.2) is 4.98 Å². The van der Waals surface area contributed by atoms with Crippen LogP contribution in [-0.4, -0.2) is 16.6 Å². The van der Waals surface area contributed by atoms with E-state index in [1.165, 1.54) is 5.56 Å². The number of aryl methyl sites for hydroxylation is 1. The van der Waals surface area contributed by atoms with Gasteiger partial charge in [-0.05, 0) is 55.3 Å². The van der Waals surface area contributed by atoms with E-state index >= 15 is 0 Å². The molecule has 25 heavy (non-hydrogen) atoms. The van der Waals surface area contributed by atoms with Crippen molar-refractivity contribution in [3.8, 4) is 5.75 Å². The van der Waals surface area contributed by atoms with E-state index in [0.717, 1.165) is 29.4 Å². The van der Waals surface area contributed by atoms with Gasteiger partial charge in [-0.2, -0.15) is 4.98 Å². The quantitative estimate of drug-likeness (QED) is 0.642. The van der Waals surface area contributed by atoms with Gasteiger partial charge < -0.3 is 15.4 Å². The molecule has 0 amide bonds. The van der Waals surface area contributed by atoms with Crippen LogP contribution in [0.25, 0.3) is 0 Å². The molecule has 3 rings (SSSR count). The number of para-hydroxylation sites is 1. The summed E-state index contributed by atoms with van der Waals surface area (Å²) < 4.78 is 5.45. The van der Waals surface area contributed by atoms with Gasteiger partial charge in [0.15, 0.2) is 0 Å². The molecule has 2 aromatic carbocycles. The normalized spacial score (nSPS) is 10.3. The molecule has 0 radical (unpaired) electrons. The fourth-order valence-corrected chi connectivity index (χ4v) is 2.51. The number of hydrogen-bond donors (Lipinski definition) is 2. The van der Waals surface area contributed by atoms with Crippen molar-refractivity contribution in [1.29, 1.82) is 0 Å². The Labute approximate surface area is 148 Å². The zero-order valence-corrected chi connectivity index (χ0v) is 14.5. The first kappa shape index (κ1) is 16.8. The van der Waals surface area contributed by atoms with E-state index in [-0.39, 0.29) is 0 Å². The van der Waals surface area contributed by atoms with E-state index < -0.39 is 0 Å². The number of hydrogen-bond acceptors (Lipinski definition) is 5. The third-order valence-corrected chi connectivity index (χ3v) is 3.74. The van der Waals surface area contributed by atoms with Crippen LogP contribution >= 0.6 is 0 Å². The topological polar surface area (TPSA) is 59.1 Å². The fraction of sp³-hybridized carbons (Fsp3) is 0.200. The maximum Gasteiger partial charge on any atom is 0.229 e. The summed E-state index contributed by atoms with van der Waals surface area (Å²) >= 11 is 0. The van der Waals surface area contributed by atoms with Crippen LogP contribution in [0.3, 0.4) is 0 Å². The molecule has 3 aromatic rings. The molecule has 5 nitrogen and oxygen atoms in total. The molecule has 0 fully saturated rings. The molecule has 1 aromatic heterocycles. The van der Waals surface area contributed by atoms with E-state index in [1.54, 1.807) is 6.20 Å². The second-order valence-corrected chi connectivity index (χ2v) is 5.48. The van der Waals surface area contributed by atoms with Crippen molar-refractivity contribution < 1.29 is 4.74 Å². The molecular weight excluding hydrogens is 312 g/mol. The Morgan fingerprint density at radius 1 is 0.920 bits per heavy atom. The molecule has 0 aliphatic rings. The number of nitrogens with one attached hydrogen (secondary N) is 2. The summed E-state index contributed by atoms with van der Waals surface area (Å²) in [5.41, 5.74) is 3.21. The van der Waals surface area contributed by atoms with Gasteiger partial charge in [0, 0.05) is 17.6 Å². The largest absolute Gasteiger partial charge is 0.494 e. The smallest absolute Gasteiger partial charge is 0.229 e. The Hall–Kier alpha value is -3.08. The Balaban J connectivity index is 1.73. The number of rotatable bonds is 7. The summed E-state index contributed by atoms with van der Waals surface area (Å²) in [6.07, 6.45) is 2.69. The van der Waals surface area contributed by atoms with Crippen molar-refractivity contribution in [3.05, 3.63) is 66.4 Å². The van der Waals surface area contributed by atoms with Crippen molar-refractivity contribution in [1.82, 2.24) is 9.97 Å². The van der Waals surface area contributed by atoms with Crippen molar-refractivity contribution in [2.24, 2.45) is 0 Å². The Morgan fingerprint density at radius 2 is 1.72 bits per heavy atom. The van der Waals surface area contributed by atoms with Crippen molar-refractivity contribution in [3.63, 3.8) is 0 Å². The Morgan fingerprint density at radius 3 is 2.48 bits per heavy atom. The zero-order chi connectivity index (χ0) is 17.5. The minimum Gasteiger partial charge on any atom is -0.494 e. The molecule has 2 N–H and O–H groups in total. The number of benzene rings is 2. The first-order valence-electron chi connectivity index (χ1n) is 8.46. The summed E-state index contributed by atoms with van der Waals surface area (Å²) in [6.45, 7) is 4.76. The minimum atomic E-state index is 0.567. The van der Waals surface area contributed by atoms with E-state index in [4.69, 9.17) is 4.74 Å². The van der Waals surface area contributed by atoms with Crippen molar-refractivity contribution >= 4 is 23.1 Å². The average Bonchev–Trinajstić information content (AvgIpc) is 2.64. The van der Waals surface area contributed by atoms with Crippen LogP contribution in [0, 0.1) is 0 Å². The molecule has 1 heterocycles. The second-order valence-electron chi connectivity index (χ2n) is 5.48. The minimum absolute atomic E-state index is 0.567. The number of ether oxygens (including phenoxy) is 1. The lowest BCUT2D eigenvalue weighted by molar-refractivity contribution is 0.340. The van der Waals surface area contributed by atoms with E-state index in [2.05, 4.69) is 33.6 Å². The second kappa shape index (κ2) is 8.15. The van der Waals surface area contributed by atoms with Gasteiger partial charge in [0.25, 0.3) is 0 Å². The van der Waals surface area contributed by atoms with Gasteiger partial charge in [-0.15, -0.1) is 0 Å². The van der Waals surface area contributed by atoms with E-state index in [0.29, 0.717) is 12.6 Å². The summed E-state index contributed by atoms with van der Waals surface area (Å²) in [7, 11) is 0. The third-order valence-electron chi connectivity index (χ3n) is 3.74. The van der Waals surface area contributed by atoms with Crippen LogP contribution in [0.2, 0.25) is 0 Å². The number of nitrogens with zero attached hydrogens (tertiary/aromatic N) is 2. The Kier molecular flexibility index (Phi) is 5.46. The van der Waals surface area contributed by atoms with E-state index in [1.807, 2.05) is 55.5 Å². The first-order chi connectivity index (χ1) is 12.3. The number of anilines is 4. The molecule has 0 saturated carbocycles. The van der Waals surface area contributed by atoms with Crippen LogP contribution < -0.4 is 15.4 Å². The lowest BCUT2D eigenvalue weighted by Gasteiger charge is -2.11. The van der Waals surface area contributed by atoms with Crippen LogP contribution in [0.1, 0.15) is 19.4 Å². The first-order valence-corrected chi connectivity index (χ1v) is 8.46. The highest BCUT2D eigenvalue weighted by molar-refractivity contribution is 5.61. The van der Waals surface area contributed by atoms with Gasteiger partial charge >= 0.3 is 0 Å². The molecule has 0 unspecified atom stereocenters. The van der Waals surface area contributed by atoms with Crippen molar-refractivity contribution in [2.75, 3.05) is 17.2 Å². The summed E-state index contributed by atoms with van der Waals surface area (Å²) in [5.74, 6) is 2.15. The predicted octanol–water partition coefficient (Wildman–Crippen LogP) is 4.92. The van der Waals surface area contributed by atoms with Crippen LogP contribution in [-0.2, 0) is 6.42 Å². The Bertz CT molecular complexity index is 818. The van der Waals surface area contributed by atoms with Crippen LogP contribution in [0.4, 0.5) is 23.1 Å². The molecular formula is C20H22N4O. The van der Waals surface area contributed by atoms with Gasteiger partial charge in [0.2, 0.25) is 5.95 Å². The summed E-state index contributed by atoms with van der Waals surface area (Å²) in [6, 6.07) is 17.8. The SMILES string of the molecule is CCOc1ccc(Nc2ccnc(Nc3ccccc3CC)n2)cc1. The molecule has 5 heteroatoms. The fourth-order valence-electron chi connectivity index (χ4n) is 2.51. The molecule has 0 bridgehead atoms. The van der Waals surface area contributed by atoms with Gasteiger partial charge in [0.05, 0.1) is 6.61 Å². The number of aromatic nitrogens is 2. The summed E-state index contributed by atoms with van der Waals surface area (Å²) in [4.78, 5) is 8.84. The maximum atomic E-state index is 5.45. The predicted molar refractivity (Wildman–Crippen MR) is 102 cm³/mol. The maximum absolute atomic E-state index is 5.45. The highest BCUT2D eigenvalue weighted by Crippen LogP contribution is 2.22. The third kappa shape index (κ3) is 4.47.